The van der Waals surface area contributed by atoms with Crippen LogP contribution in [0.3, 0.4) is 0 Å². The van der Waals surface area contributed by atoms with Crippen molar-refractivity contribution in [3.8, 4) is 0 Å². The Morgan fingerprint density at radius 3 is 2.70 bits per heavy atom. The summed E-state index contributed by atoms with van der Waals surface area (Å²) in [7, 11) is 0. The van der Waals surface area contributed by atoms with Crippen LogP contribution in [0.5, 0.6) is 0 Å². The largest absolute Gasteiger partial charge is 0.342 e. The number of carbonyl (C=O) groups is 1. The number of nitrogens with zero attached hydrogens (tertiary/aromatic N) is 4. The Kier molecular flexibility index (Phi) is 4.70. The molecule has 2 aromatic carbocycles. The fraction of sp³-hybridized carbons (Fsp3) is 0.0476. The third kappa shape index (κ3) is 3.74. The summed E-state index contributed by atoms with van der Waals surface area (Å²) in [5, 5.41) is 5.16. The molecule has 6 heteroatoms. The second-order valence-corrected chi connectivity index (χ2v) is 6.00. The van der Waals surface area contributed by atoms with E-state index < -0.39 is 5.91 Å². The Bertz CT molecular complexity index is 1090. The van der Waals surface area contributed by atoms with Crippen LogP contribution < -0.4 is 5.43 Å². The number of nitrogens with one attached hydrogen (secondary N) is 1. The minimum absolute atomic E-state index is 0.223. The number of fused-ring (bicyclic) bond motifs is 1. The molecule has 1 N–H and O–H groups in total. The van der Waals surface area contributed by atoms with Gasteiger partial charge in [-0.25, -0.2) is 10.4 Å². The van der Waals surface area contributed by atoms with Crippen molar-refractivity contribution in [2.45, 2.75) is 6.54 Å². The molecule has 2 heterocycles. The van der Waals surface area contributed by atoms with Gasteiger partial charge in [0.1, 0.15) is 5.69 Å². The van der Waals surface area contributed by atoms with Crippen molar-refractivity contribution in [1.82, 2.24) is 20.0 Å². The summed E-state index contributed by atoms with van der Waals surface area (Å²) in [4.78, 5) is 19.8. The molecule has 6 nitrogen and oxygen atoms in total. The van der Waals surface area contributed by atoms with Crippen LogP contribution in [0.4, 0.5) is 0 Å². The third-order valence-corrected chi connectivity index (χ3v) is 4.18. The molecule has 0 aliphatic heterocycles. The van der Waals surface area contributed by atoms with Gasteiger partial charge in [0.15, 0.2) is 0 Å². The highest BCUT2D eigenvalue weighted by Gasteiger charge is 2.08. The molecular formula is C21H17N5O. The average Bonchev–Trinajstić information content (AvgIpc) is 3.07. The van der Waals surface area contributed by atoms with Gasteiger partial charge in [-0.15, -0.1) is 0 Å². The number of hydrogen-bond donors (Lipinski definition) is 1. The molecule has 4 rings (SSSR count). The number of rotatable bonds is 5. The highest BCUT2D eigenvalue weighted by atomic mass is 16.2. The zero-order valence-corrected chi connectivity index (χ0v) is 14.5. The molecule has 0 fully saturated rings. The fourth-order valence-corrected chi connectivity index (χ4v) is 2.92. The number of aromatic nitrogens is 3. The maximum Gasteiger partial charge on any atom is 0.291 e. The minimum Gasteiger partial charge on any atom is -0.342 e. The van der Waals surface area contributed by atoms with Crippen LogP contribution in [0.2, 0.25) is 0 Å². The number of amides is 1. The van der Waals surface area contributed by atoms with E-state index in [9.17, 15) is 4.79 Å². The van der Waals surface area contributed by atoms with Gasteiger partial charge in [0, 0.05) is 41.6 Å². The number of benzene rings is 2. The molecule has 0 spiro atoms. The van der Waals surface area contributed by atoms with Gasteiger partial charge in [0.05, 0.1) is 12.4 Å². The van der Waals surface area contributed by atoms with E-state index in [0.717, 1.165) is 23.0 Å². The standard InChI is InChI=1S/C21H17N5O/c27-21(19-13-22-10-11-23-19)25-24-12-17-15-26(14-16-6-2-1-3-7-16)20-9-5-4-8-18(17)20/h1-13,15H,14H2,(H,25,27)/b24-12-. The molecule has 2 aromatic heterocycles. The SMILES string of the molecule is O=C(N/N=C\c1cn(Cc2ccccc2)c2ccccc12)c1cnccn1. The Morgan fingerprint density at radius 1 is 1.07 bits per heavy atom. The zero-order valence-electron chi connectivity index (χ0n) is 14.5. The predicted molar refractivity (Wildman–Crippen MR) is 105 cm³/mol. The summed E-state index contributed by atoms with van der Waals surface area (Å²) in [6, 6.07) is 18.4. The molecule has 27 heavy (non-hydrogen) atoms. The molecular weight excluding hydrogens is 338 g/mol. The Morgan fingerprint density at radius 2 is 1.89 bits per heavy atom. The van der Waals surface area contributed by atoms with Crippen molar-refractivity contribution in [1.29, 1.82) is 0 Å². The molecule has 0 saturated heterocycles. The van der Waals surface area contributed by atoms with E-state index in [1.54, 1.807) is 6.21 Å². The topological polar surface area (TPSA) is 72.2 Å². The lowest BCUT2D eigenvalue weighted by atomic mass is 10.2. The maximum atomic E-state index is 12.0. The van der Waals surface area contributed by atoms with Crippen molar-refractivity contribution in [2.75, 3.05) is 0 Å². The monoisotopic (exact) mass is 355 g/mol. The van der Waals surface area contributed by atoms with E-state index in [4.69, 9.17) is 0 Å². The Labute approximate surface area is 156 Å². The van der Waals surface area contributed by atoms with Crippen LogP contribution in [0.15, 0.2) is 84.5 Å². The summed E-state index contributed by atoms with van der Waals surface area (Å²) < 4.78 is 2.18. The lowest BCUT2D eigenvalue weighted by Crippen LogP contribution is -2.19. The Hall–Kier alpha value is -3.80. The van der Waals surface area contributed by atoms with Crippen molar-refractivity contribution in [3.63, 3.8) is 0 Å². The highest BCUT2D eigenvalue weighted by molar-refractivity contribution is 6.00. The van der Waals surface area contributed by atoms with Crippen LogP contribution in [-0.2, 0) is 6.54 Å². The summed E-state index contributed by atoms with van der Waals surface area (Å²) in [5.41, 5.74) is 5.98. The maximum absolute atomic E-state index is 12.0. The van der Waals surface area contributed by atoms with Crippen LogP contribution >= 0.6 is 0 Å². The van der Waals surface area contributed by atoms with Gasteiger partial charge in [-0.2, -0.15) is 5.10 Å². The minimum atomic E-state index is -0.396. The van der Waals surface area contributed by atoms with Crippen LogP contribution in [-0.4, -0.2) is 26.7 Å². The number of hydrogen-bond acceptors (Lipinski definition) is 4. The molecule has 132 valence electrons. The van der Waals surface area contributed by atoms with Crippen LogP contribution in [0.1, 0.15) is 21.6 Å². The molecule has 0 aliphatic carbocycles. The van der Waals surface area contributed by atoms with E-state index in [2.05, 4.69) is 43.3 Å². The first-order valence-corrected chi connectivity index (χ1v) is 8.52. The van der Waals surface area contributed by atoms with Gasteiger partial charge in [-0.05, 0) is 11.6 Å². The summed E-state index contributed by atoms with van der Waals surface area (Å²) in [6.07, 6.45) is 8.07. The fourth-order valence-electron chi connectivity index (χ4n) is 2.92. The predicted octanol–water partition coefficient (Wildman–Crippen LogP) is 3.24. The van der Waals surface area contributed by atoms with Gasteiger partial charge in [-0.1, -0.05) is 48.5 Å². The molecule has 0 saturated carbocycles. The molecule has 0 atom stereocenters. The van der Waals surface area contributed by atoms with Gasteiger partial charge < -0.3 is 4.57 Å². The number of hydrazone groups is 1. The highest BCUT2D eigenvalue weighted by Crippen LogP contribution is 2.21. The van der Waals surface area contributed by atoms with Crippen LogP contribution in [0.25, 0.3) is 10.9 Å². The first kappa shape index (κ1) is 16.7. The average molecular weight is 355 g/mol. The molecule has 1 amide bonds. The van der Waals surface area contributed by atoms with Crippen molar-refractivity contribution < 1.29 is 4.79 Å². The third-order valence-electron chi connectivity index (χ3n) is 4.18. The lowest BCUT2D eigenvalue weighted by Gasteiger charge is -2.05. The zero-order chi connectivity index (χ0) is 18.5. The normalized spacial score (nSPS) is 11.1. The van der Waals surface area contributed by atoms with E-state index >= 15 is 0 Å². The second-order valence-electron chi connectivity index (χ2n) is 6.00. The summed E-state index contributed by atoms with van der Waals surface area (Å²) in [6.45, 7) is 0.765. The molecule has 0 unspecified atom stereocenters. The van der Waals surface area contributed by atoms with Gasteiger partial charge in [0.2, 0.25) is 0 Å². The molecule has 0 aliphatic rings. The first-order valence-electron chi connectivity index (χ1n) is 8.52. The first-order chi connectivity index (χ1) is 13.3. The molecule has 0 radical (unpaired) electrons. The Balaban J connectivity index is 1.57. The quantitative estimate of drug-likeness (QED) is 0.441. The van der Waals surface area contributed by atoms with Gasteiger partial charge in [0.25, 0.3) is 5.91 Å². The lowest BCUT2D eigenvalue weighted by molar-refractivity contribution is 0.0949. The van der Waals surface area contributed by atoms with Gasteiger partial charge in [-0.3, -0.25) is 9.78 Å². The van der Waals surface area contributed by atoms with Crippen LogP contribution in [0, 0.1) is 0 Å². The van der Waals surface area contributed by atoms with E-state index in [1.807, 2.05) is 42.6 Å². The van der Waals surface area contributed by atoms with E-state index in [1.165, 1.54) is 24.2 Å². The van der Waals surface area contributed by atoms with Crippen molar-refractivity contribution >= 4 is 23.0 Å². The van der Waals surface area contributed by atoms with Gasteiger partial charge >= 0.3 is 0 Å². The van der Waals surface area contributed by atoms with E-state index in [0.29, 0.717) is 0 Å². The number of para-hydroxylation sites is 1. The summed E-state index contributed by atoms with van der Waals surface area (Å²) >= 11 is 0. The molecule has 4 aromatic rings. The van der Waals surface area contributed by atoms with Crippen molar-refractivity contribution in [3.05, 3.63) is 96.2 Å². The number of carbonyl (C=O) groups excluding carboxylic acids is 1. The smallest absolute Gasteiger partial charge is 0.291 e. The molecule has 0 bridgehead atoms. The second kappa shape index (κ2) is 7.61. The van der Waals surface area contributed by atoms with E-state index in [-0.39, 0.29) is 5.69 Å². The van der Waals surface area contributed by atoms with Crippen molar-refractivity contribution in [2.24, 2.45) is 5.10 Å². The summed E-state index contributed by atoms with van der Waals surface area (Å²) in [5.74, 6) is -0.396.